The molecule has 1 atom stereocenters. The Kier molecular flexibility index (Phi) is 7.88. The molecular formula is C18H30N2O. The lowest BCUT2D eigenvalue weighted by Gasteiger charge is -2.22. The van der Waals surface area contributed by atoms with E-state index in [0.717, 1.165) is 44.5 Å². The monoisotopic (exact) mass is 290 g/mol. The minimum Gasteiger partial charge on any atom is -0.372 e. The number of benzene rings is 1. The maximum absolute atomic E-state index is 12.3. The highest BCUT2D eigenvalue weighted by atomic mass is 16.1. The summed E-state index contributed by atoms with van der Waals surface area (Å²) in [7, 11) is 0. The third kappa shape index (κ3) is 5.41. The standard InChI is InChI=1S/C18H30N2O/c1-5-9-11-15(6-2)18(21)19-16-12-10-13-17(14-16)20(7-3)8-4/h10,12-15H,5-9,11H2,1-4H3,(H,19,21). The summed E-state index contributed by atoms with van der Waals surface area (Å²) in [6.07, 6.45) is 4.14. The lowest BCUT2D eigenvalue weighted by atomic mass is 9.98. The first-order valence-electron chi connectivity index (χ1n) is 8.32. The van der Waals surface area contributed by atoms with Crippen LogP contribution in [0.2, 0.25) is 0 Å². The molecule has 0 radical (unpaired) electrons. The van der Waals surface area contributed by atoms with E-state index in [-0.39, 0.29) is 11.8 Å². The van der Waals surface area contributed by atoms with E-state index >= 15 is 0 Å². The molecule has 0 aliphatic rings. The minimum atomic E-state index is 0.127. The Hall–Kier alpha value is -1.51. The molecule has 0 bridgehead atoms. The van der Waals surface area contributed by atoms with Gasteiger partial charge in [-0.05, 0) is 44.9 Å². The number of amides is 1. The summed E-state index contributed by atoms with van der Waals surface area (Å²) < 4.78 is 0. The average molecular weight is 290 g/mol. The Morgan fingerprint density at radius 3 is 2.48 bits per heavy atom. The zero-order chi connectivity index (χ0) is 15.7. The number of carbonyl (C=O) groups is 1. The topological polar surface area (TPSA) is 32.3 Å². The van der Waals surface area contributed by atoms with Crippen LogP contribution >= 0.6 is 0 Å². The Labute approximate surface area is 129 Å². The molecule has 1 rings (SSSR count). The fraction of sp³-hybridized carbons (Fsp3) is 0.611. The Morgan fingerprint density at radius 1 is 1.19 bits per heavy atom. The van der Waals surface area contributed by atoms with E-state index in [1.54, 1.807) is 0 Å². The maximum Gasteiger partial charge on any atom is 0.227 e. The molecule has 0 aliphatic heterocycles. The summed E-state index contributed by atoms with van der Waals surface area (Å²) in [6, 6.07) is 8.14. The van der Waals surface area contributed by atoms with Crippen molar-refractivity contribution in [3.8, 4) is 0 Å². The van der Waals surface area contributed by atoms with Gasteiger partial charge in [-0.15, -0.1) is 0 Å². The van der Waals surface area contributed by atoms with E-state index in [1.807, 2.05) is 12.1 Å². The Balaban J connectivity index is 2.73. The number of rotatable bonds is 9. The second-order valence-corrected chi connectivity index (χ2v) is 5.46. The average Bonchev–Trinajstić information content (AvgIpc) is 2.49. The van der Waals surface area contributed by atoms with Crippen molar-refractivity contribution in [3.05, 3.63) is 24.3 Å². The molecular weight excluding hydrogens is 260 g/mol. The normalized spacial score (nSPS) is 12.0. The van der Waals surface area contributed by atoms with E-state index in [0.29, 0.717) is 0 Å². The predicted octanol–water partition coefficient (Wildman–Crippen LogP) is 4.69. The fourth-order valence-electron chi connectivity index (χ4n) is 2.58. The number of hydrogen-bond acceptors (Lipinski definition) is 2. The van der Waals surface area contributed by atoms with Gasteiger partial charge >= 0.3 is 0 Å². The van der Waals surface area contributed by atoms with Crippen molar-refractivity contribution in [1.82, 2.24) is 0 Å². The first-order chi connectivity index (χ1) is 10.2. The fourth-order valence-corrected chi connectivity index (χ4v) is 2.58. The van der Waals surface area contributed by atoms with Crippen molar-refractivity contribution in [2.24, 2.45) is 5.92 Å². The molecule has 0 spiro atoms. The first kappa shape index (κ1) is 17.5. The second kappa shape index (κ2) is 9.43. The summed E-state index contributed by atoms with van der Waals surface area (Å²) in [4.78, 5) is 14.6. The van der Waals surface area contributed by atoms with Crippen molar-refractivity contribution < 1.29 is 4.79 Å². The van der Waals surface area contributed by atoms with Gasteiger partial charge in [0.1, 0.15) is 0 Å². The molecule has 0 heterocycles. The molecule has 0 saturated carbocycles. The molecule has 3 heteroatoms. The highest BCUT2D eigenvalue weighted by Gasteiger charge is 2.16. The van der Waals surface area contributed by atoms with E-state index in [2.05, 4.69) is 50.0 Å². The van der Waals surface area contributed by atoms with Gasteiger partial charge in [0.2, 0.25) is 5.91 Å². The van der Waals surface area contributed by atoms with Crippen LogP contribution in [0.15, 0.2) is 24.3 Å². The molecule has 1 amide bonds. The quantitative estimate of drug-likeness (QED) is 0.715. The SMILES string of the molecule is CCCCC(CC)C(=O)Nc1cccc(N(CC)CC)c1. The lowest BCUT2D eigenvalue weighted by molar-refractivity contribution is -0.120. The molecule has 1 N–H and O–H groups in total. The Morgan fingerprint density at radius 2 is 1.90 bits per heavy atom. The highest BCUT2D eigenvalue weighted by molar-refractivity contribution is 5.93. The van der Waals surface area contributed by atoms with Gasteiger partial charge in [0.15, 0.2) is 0 Å². The van der Waals surface area contributed by atoms with Gasteiger partial charge in [0.25, 0.3) is 0 Å². The highest BCUT2D eigenvalue weighted by Crippen LogP contribution is 2.21. The molecule has 21 heavy (non-hydrogen) atoms. The van der Waals surface area contributed by atoms with Gasteiger partial charge < -0.3 is 10.2 Å². The van der Waals surface area contributed by atoms with Crippen LogP contribution in [0.1, 0.15) is 53.4 Å². The predicted molar refractivity (Wildman–Crippen MR) is 91.9 cm³/mol. The number of anilines is 2. The van der Waals surface area contributed by atoms with Gasteiger partial charge in [0.05, 0.1) is 0 Å². The molecule has 3 nitrogen and oxygen atoms in total. The third-order valence-electron chi connectivity index (χ3n) is 4.01. The third-order valence-corrected chi connectivity index (χ3v) is 4.01. The van der Waals surface area contributed by atoms with Crippen LogP contribution in [0.25, 0.3) is 0 Å². The second-order valence-electron chi connectivity index (χ2n) is 5.46. The van der Waals surface area contributed by atoms with Crippen LogP contribution in [0.5, 0.6) is 0 Å². The summed E-state index contributed by atoms with van der Waals surface area (Å²) in [5, 5.41) is 3.08. The number of nitrogens with one attached hydrogen (secondary N) is 1. The van der Waals surface area contributed by atoms with Gasteiger partial charge in [0, 0.05) is 30.4 Å². The zero-order valence-corrected chi connectivity index (χ0v) is 14.0. The van der Waals surface area contributed by atoms with E-state index < -0.39 is 0 Å². The van der Waals surface area contributed by atoms with Crippen LogP contribution in [-0.4, -0.2) is 19.0 Å². The lowest BCUT2D eigenvalue weighted by Crippen LogP contribution is -2.24. The van der Waals surface area contributed by atoms with Gasteiger partial charge in [-0.1, -0.05) is 32.8 Å². The largest absolute Gasteiger partial charge is 0.372 e. The van der Waals surface area contributed by atoms with Crippen LogP contribution in [0.3, 0.4) is 0 Å². The van der Waals surface area contributed by atoms with Gasteiger partial charge in [-0.25, -0.2) is 0 Å². The van der Waals surface area contributed by atoms with Gasteiger partial charge in [-0.2, -0.15) is 0 Å². The molecule has 0 fully saturated rings. The minimum absolute atomic E-state index is 0.127. The van der Waals surface area contributed by atoms with E-state index in [4.69, 9.17) is 0 Å². The molecule has 1 aromatic rings. The van der Waals surface area contributed by atoms with Crippen molar-refractivity contribution in [2.75, 3.05) is 23.3 Å². The van der Waals surface area contributed by atoms with E-state index in [9.17, 15) is 4.79 Å². The maximum atomic E-state index is 12.3. The number of carbonyl (C=O) groups excluding carboxylic acids is 1. The summed E-state index contributed by atoms with van der Waals surface area (Å²) in [6.45, 7) is 10.5. The number of nitrogens with zero attached hydrogens (tertiary/aromatic N) is 1. The summed E-state index contributed by atoms with van der Waals surface area (Å²) in [5.74, 6) is 0.282. The van der Waals surface area contributed by atoms with Crippen molar-refractivity contribution in [2.45, 2.75) is 53.4 Å². The van der Waals surface area contributed by atoms with Crippen molar-refractivity contribution >= 4 is 17.3 Å². The number of unbranched alkanes of at least 4 members (excludes halogenated alkanes) is 1. The Bertz CT molecular complexity index is 427. The molecule has 0 aliphatic carbocycles. The van der Waals surface area contributed by atoms with Crippen LogP contribution in [-0.2, 0) is 4.79 Å². The van der Waals surface area contributed by atoms with Crippen LogP contribution in [0.4, 0.5) is 11.4 Å². The molecule has 118 valence electrons. The molecule has 0 saturated heterocycles. The van der Waals surface area contributed by atoms with Crippen molar-refractivity contribution in [1.29, 1.82) is 0 Å². The first-order valence-corrected chi connectivity index (χ1v) is 8.32. The molecule has 1 unspecified atom stereocenters. The van der Waals surface area contributed by atoms with Crippen LogP contribution < -0.4 is 10.2 Å². The van der Waals surface area contributed by atoms with E-state index in [1.165, 1.54) is 5.69 Å². The summed E-state index contributed by atoms with van der Waals surface area (Å²) in [5.41, 5.74) is 2.07. The summed E-state index contributed by atoms with van der Waals surface area (Å²) >= 11 is 0. The zero-order valence-electron chi connectivity index (χ0n) is 14.0. The smallest absolute Gasteiger partial charge is 0.227 e. The van der Waals surface area contributed by atoms with Crippen molar-refractivity contribution in [3.63, 3.8) is 0 Å². The molecule has 0 aromatic heterocycles. The van der Waals surface area contributed by atoms with Crippen LogP contribution in [0, 0.1) is 5.92 Å². The molecule has 1 aromatic carbocycles. The van der Waals surface area contributed by atoms with Gasteiger partial charge in [-0.3, -0.25) is 4.79 Å². The number of hydrogen-bond donors (Lipinski definition) is 1.